The SMILES string of the molecule is COc1ccc(Cn2c(-c3ccc(C(C)(C)C)cc3)nc3oc4ccccc4c(=O)c3c2=O)cc1. The molecule has 0 fully saturated rings. The highest BCUT2D eigenvalue weighted by molar-refractivity contribution is 5.88. The zero-order valence-corrected chi connectivity index (χ0v) is 20.2. The van der Waals surface area contributed by atoms with Gasteiger partial charge in [-0.15, -0.1) is 0 Å². The molecule has 6 nitrogen and oxygen atoms in total. The van der Waals surface area contributed by atoms with Gasteiger partial charge in [-0.25, -0.2) is 0 Å². The summed E-state index contributed by atoms with van der Waals surface area (Å²) >= 11 is 0. The summed E-state index contributed by atoms with van der Waals surface area (Å²) < 4.78 is 12.7. The van der Waals surface area contributed by atoms with Crippen LogP contribution in [0.25, 0.3) is 33.5 Å². The maximum absolute atomic E-state index is 13.8. The molecule has 0 saturated carbocycles. The van der Waals surface area contributed by atoms with Gasteiger partial charge in [0.25, 0.3) is 5.56 Å². The van der Waals surface area contributed by atoms with E-state index in [1.54, 1.807) is 35.9 Å². The number of hydrogen-bond acceptors (Lipinski definition) is 5. The Labute approximate surface area is 202 Å². The standard InChI is InChI=1S/C29H26N2O4/c1-29(2,3)20-13-11-19(12-14-20)26-30-27-24(25(32)22-7-5-6-8-23(22)35-27)28(33)31(26)17-18-9-15-21(34-4)16-10-18/h5-16H,17H2,1-4H3. The van der Waals surface area contributed by atoms with Crippen LogP contribution in [0.2, 0.25) is 0 Å². The lowest BCUT2D eigenvalue weighted by atomic mass is 9.86. The maximum atomic E-state index is 13.8. The van der Waals surface area contributed by atoms with Gasteiger partial charge in [-0.2, -0.15) is 4.98 Å². The van der Waals surface area contributed by atoms with Gasteiger partial charge in [-0.3, -0.25) is 14.2 Å². The molecule has 0 atom stereocenters. The van der Waals surface area contributed by atoms with Gasteiger partial charge in [0, 0.05) is 5.56 Å². The fourth-order valence-corrected chi connectivity index (χ4v) is 4.19. The minimum Gasteiger partial charge on any atom is -0.497 e. The molecule has 0 aliphatic heterocycles. The molecule has 5 aromatic rings. The lowest BCUT2D eigenvalue weighted by Crippen LogP contribution is -2.28. The Balaban J connectivity index is 1.77. The van der Waals surface area contributed by atoms with Crippen molar-refractivity contribution in [3.05, 3.63) is 105 Å². The molecule has 0 spiro atoms. The molecule has 2 heterocycles. The molecular weight excluding hydrogens is 440 g/mol. The van der Waals surface area contributed by atoms with Gasteiger partial charge < -0.3 is 9.15 Å². The monoisotopic (exact) mass is 466 g/mol. The Morgan fingerprint density at radius 1 is 0.914 bits per heavy atom. The third-order valence-corrected chi connectivity index (χ3v) is 6.21. The molecule has 0 aliphatic rings. The normalized spacial score (nSPS) is 11.8. The van der Waals surface area contributed by atoms with E-state index in [2.05, 4.69) is 20.8 Å². The number of benzene rings is 3. The Hall–Kier alpha value is -4.19. The number of methoxy groups -OCH3 is 1. The zero-order chi connectivity index (χ0) is 24.7. The molecule has 176 valence electrons. The van der Waals surface area contributed by atoms with Gasteiger partial charge in [0.05, 0.1) is 19.0 Å². The highest BCUT2D eigenvalue weighted by Crippen LogP contribution is 2.27. The molecule has 3 aromatic carbocycles. The van der Waals surface area contributed by atoms with Crippen molar-refractivity contribution in [2.75, 3.05) is 7.11 Å². The Morgan fingerprint density at radius 2 is 1.60 bits per heavy atom. The van der Waals surface area contributed by atoms with Crippen molar-refractivity contribution in [1.29, 1.82) is 0 Å². The van der Waals surface area contributed by atoms with E-state index >= 15 is 0 Å². The highest BCUT2D eigenvalue weighted by atomic mass is 16.5. The van der Waals surface area contributed by atoms with E-state index in [0.29, 0.717) is 16.8 Å². The van der Waals surface area contributed by atoms with Crippen LogP contribution >= 0.6 is 0 Å². The number of hydrogen-bond donors (Lipinski definition) is 0. The Morgan fingerprint density at radius 3 is 2.26 bits per heavy atom. The van der Waals surface area contributed by atoms with Gasteiger partial charge >= 0.3 is 0 Å². The first-order chi connectivity index (χ1) is 16.8. The maximum Gasteiger partial charge on any atom is 0.269 e. The predicted molar refractivity (Wildman–Crippen MR) is 138 cm³/mol. The van der Waals surface area contributed by atoms with E-state index in [9.17, 15) is 9.59 Å². The molecule has 0 unspecified atom stereocenters. The van der Waals surface area contributed by atoms with E-state index in [1.807, 2.05) is 48.5 Å². The van der Waals surface area contributed by atoms with Crippen LogP contribution in [0.3, 0.4) is 0 Å². The van der Waals surface area contributed by atoms with Gasteiger partial charge in [0.15, 0.2) is 5.39 Å². The van der Waals surface area contributed by atoms with Gasteiger partial charge in [-0.1, -0.05) is 69.3 Å². The third-order valence-electron chi connectivity index (χ3n) is 6.21. The molecule has 0 N–H and O–H groups in total. The number of nitrogens with zero attached hydrogens (tertiary/aromatic N) is 2. The lowest BCUT2D eigenvalue weighted by molar-refractivity contribution is 0.414. The van der Waals surface area contributed by atoms with Crippen LogP contribution in [-0.4, -0.2) is 16.7 Å². The number of rotatable bonds is 4. The van der Waals surface area contributed by atoms with Crippen LogP contribution in [-0.2, 0) is 12.0 Å². The van der Waals surface area contributed by atoms with Crippen LogP contribution < -0.4 is 15.7 Å². The van der Waals surface area contributed by atoms with Crippen molar-refractivity contribution in [2.45, 2.75) is 32.7 Å². The highest BCUT2D eigenvalue weighted by Gasteiger charge is 2.20. The first kappa shape index (κ1) is 22.6. The number of para-hydroxylation sites is 1. The summed E-state index contributed by atoms with van der Waals surface area (Å²) in [6.07, 6.45) is 0. The van der Waals surface area contributed by atoms with Crippen LogP contribution in [0.1, 0.15) is 31.9 Å². The second kappa shape index (κ2) is 8.55. The van der Waals surface area contributed by atoms with E-state index in [1.165, 1.54) is 5.56 Å². The summed E-state index contributed by atoms with van der Waals surface area (Å²) in [5.41, 5.74) is 2.44. The summed E-state index contributed by atoms with van der Waals surface area (Å²) in [6, 6.07) is 22.4. The first-order valence-corrected chi connectivity index (χ1v) is 11.5. The fraction of sp³-hybridized carbons (Fsp3) is 0.207. The van der Waals surface area contributed by atoms with Gasteiger partial charge in [0.2, 0.25) is 11.1 Å². The molecule has 0 aliphatic carbocycles. The van der Waals surface area contributed by atoms with Crippen LogP contribution in [0, 0.1) is 0 Å². The smallest absolute Gasteiger partial charge is 0.269 e. The summed E-state index contributed by atoms with van der Waals surface area (Å²) in [6.45, 7) is 6.69. The van der Waals surface area contributed by atoms with Gasteiger partial charge in [-0.05, 0) is 40.8 Å². The van der Waals surface area contributed by atoms with E-state index < -0.39 is 5.56 Å². The van der Waals surface area contributed by atoms with Crippen molar-refractivity contribution in [2.24, 2.45) is 0 Å². The molecule has 35 heavy (non-hydrogen) atoms. The second-order valence-electron chi connectivity index (χ2n) is 9.61. The minimum atomic E-state index is -0.430. The number of aromatic nitrogens is 2. The third kappa shape index (κ3) is 4.12. The molecule has 0 saturated heterocycles. The Bertz CT molecular complexity index is 1660. The molecule has 2 aromatic heterocycles. The topological polar surface area (TPSA) is 74.3 Å². The quantitative estimate of drug-likeness (QED) is 0.326. The minimum absolute atomic E-state index is 0.0101. The van der Waals surface area contributed by atoms with Crippen LogP contribution in [0.15, 0.2) is 86.8 Å². The average Bonchev–Trinajstić information content (AvgIpc) is 2.85. The predicted octanol–water partition coefficient (Wildman–Crippen LogP) is 5.52. The van der Waals surface area contributed by atoms with Crippen molar-refractivity contribution in [3.8, 4) is 17.1 Å². The van der Waals surface area contributed by atoms with E-state index in [-0.39, 0.29) is 28.5 Å². The first-order valence-electron chi connectivity index (χ1n) is 11.5. The molecule has 0 radical (unpaired) electrons. The second-order valence-corrected chi connectivity index (χ2v) is 9.61. The Kier molecular flexibility index (Phi) is 5.52. The van der Waals surface area contributed by atoms with Crippen LogP contribution in [0.5, 0.6) is 5.75 Å². The molecule has 6 heteroatoms. The zero-order valence-electron chi connectivity index (χ0n) is 20.2. The average molecular weight is 467 g/mol. The summed E-state index contributed by atoms with van der Waals surface area (Å²) in [5.74, 6) is 1.17. The van der Waals surface area contributed by atoms with E-state index in [0.717, 1.165) is 16.9 Å². The lowest BCUT2D eigenvalue weighted by Gasteiger charge is -2.19. The van der Waals surface area contributed by atoms with E-state index in [4.69, 9.17) is 14.1 Å². The summed E-state index contributed by atoms with van der Waals surface area (Å²) in [7, 11) is 1.61. The molecule has 5 rings (SSSR count). The van der Waals surface area contributed by atoms with Crippen molar-refractivity contribution in [3.63, 3.8) is 0 Å². The molecular formula is C29H26N2O4. The summed E-state index contributed by atoms with van der Waals surface area (Å²) in [5, 5.41) is 0.310. The van der Waals surface area contributed by atoms with Crippen molar-refractivity contribution >= 4 is 22.1 Å². The number of fused-ring (bicyclic) bond motifs is 2. The fourth-order valence-electron chi connectivity index (χ4n) is 4.19. The summed E-state index contributed by atoms with van der Waals surface area (Å²) in [4.78, 5) is 31.8. The number of ether oxygens (including phenoxy) is 1. The van der Waals surface area contributed by atoms with Crippen molar-refractivity contribution in [1.82, 2.24) is 9.55 Å². The van der Waals surface area contributed by atoms with Crippen LogP contribution in [0.4, 0.5) is 0 Å². The largest absolute Gasteiger partial charge is 0.497 e. The van der Waals surface area contributed by atoms with Crippen molar-refractivity contribution < 1.29 is 9.15 Å². The molecule has 0 bridgehead atoms. The molecule has 0 amide bonds. The van der Waals surface area contributed by atoms with Gasteiger partial charge in [0.1, 0.15) is 17.2 Å².